The fourth-order valence-corrected chi connectivity index (χ4v) is 2.10. The standard InChI is InChI=1S/C18H35NO3/c1-15(13-19-14-18(3,4)21)9-8-12-17(22-5)11-7-6-10-16(2)20/h6-7,10-11,15-17,19-21H,8-9,12-14H2,1-5H3/b10-6+,11-7+. The van der Waals surface area contributed by atoms with E-state index in [1.807, 2.05) is 32.1 Å². The molecule has 0 aromatic carbocycles. The van der Waals surface area contributed by atoms with Gasteiger partial charge >= 0.3 is 0 Å². The maximum Gasteiger partial charge on any atom is 0.0755 e. The van der Waals surface area contributed by atoms with Crippen LogP contribution in [0.3, 0.4) is 0 Å². The lowest BCUT2D eigenvalue weighted by Gasteiger charge is -2.20. The molecule has 3 unspecified atom stereocenters. The van der Waals surface area contributed by atoms with E-state index >= 15 is 0 Å². The summed E-state index contributed by atoms with van der Waals surface area (Å²) in [5.41, 5.74) is -0.648. The van der Waals surface area contributed by atoms with E-state index in [9.17, 15) is 5.11 Å². The fraction of sp³-hybridized carbons (Fsp3) is 0.778. The van der Waals surface area contributed by atoms with Crippen LogP contribution in [0.15, 0.2) is 24.3 Å². The molecular weight excluding hydrogens is 278 g/mol. The van der Waals surface area contributed by atoms with Crippen LogP contribution in [0.1, 0.15) is 47.0 Å². The zero-order valence-corrected chi connectivity index (χ0v) is 14.9. The predicted molar refractivity (Wildman–Crippen MR) is 92.9 cm³/mol. The molecule has 0 aliphatic rings. The largest absolute Gasteiger partial charge is 0.389 e. The lowest BCUT2D eigenvalue weighted by molar-refractivity contribution is 0.0787. The maximum atomic E-state index is 9.64. The third kappa shape index (κ3) is 14.3. The molecule has 0 spiro atoms. The summed E-state index contributed by atoms with van der Waals surface area (Å²) in [5, 5.41) is 22.1. The first-order valence-corrected chi connectivity index (χ1v) is 8.23. The van der Waals surface area contributed by atoms with Crippen molar-refractivity contribution < 1.29 is 14.9 Å². The molecule has 130 valence electrons. The second-order valence-electron chi connectivity index (χ2n) is 6.76. The summed E-state index contributed by atoms with van der Waals surface area (Å²) in [7, 11) is 1.72. The number of allylic oxidation sites excluding steroid dienone is 2. The minimum Gasteiger partial charge on any atom is -0.389 e. The van der Waals surface area contributed by atoms with Gasteiger partial charge in [0.1, 0.15) is 0 Å². The third-order valence-electron chi connectivity index (χ3n) is 3.37. The first kappa shape index (κ1) is 21.3. The van der Waals surface area contributed by atoms with Gasteiger partial charge in [-0.1, -0.05) is 37.6 Å². The van der Waals surface area contributed by atoms with Crippen molar-refractivity contribution in [3.8, 4) is 0 Å². The van der Waals surface area contributed by atoms with E-state index in [1.54, 1.807) is 20.1 Å². The van der Waals surface area contributed by atoms with E-state index in [2.05, 4.69) is 12.2 Å². The second-order valence-corrected chi connectivity index (χ2v) is 6.76. The van der Waals surface area contributed by atoms with Gasteiger partial charge in [-0.25, -0.2) is 0 Å². The number of rotatable bonds is 12. The molecule has 0 radical (unpaired) electrons. The van der Waals surface area contributed by atoms with Gasteiger partial charge in [-0.05, 0) is 46.1 Å². The van der Waals surface area contributed by atoms with Crippen LogP contribution in [0.5, 0.6) is 0 Å². The summed E-state index contributed by atoms with van der Waals surface area (Å²) in [4.78, 5) is 0. The lowest BCUT2D eigenvalue weighted by atomic mass is 10.0. The van der Waals surface area contributed by atoms with Crippen molar-refractivity contribution in [2.45, 2.75) is 64.8 Å². The van der Waals surface area contributed by atoms with E-state index in [0.717, 1.165) is 25.8 Å². The highest BCUT2D eigenvalue weighted by Crippen LogP contribution is 2.11. The predicted octanol–water partition coefficient (Wildman–Crippen LogP) is 2.66. The third-order valence-corrected chi connectivity index (χ3v) is 3.37. The first-order chi connectivity index (χ1) is 10.2. The molecule has 0 aromatic heterocycles. The minimum absolute atomic E-state index is 0.121. The highest BCUT2D eigenvalue weighted by atomic mass is 16.5. The van der Waals surface area contributed by atoms with Crippen LogP contribution in [0.25, 0.3) is 0 Å². The van der Waals surface area contributed by atoms with E-state index in [-0.39, 0.29) is 6.10 Å². The van der Waals surface area contributed by atoms with Gasteiger partial charge in [0.25, 0.3) is 0 Å². The van der Waals surface area contributed by atoms with E-state index < -0.39 is 11.7 Å². The van der Waals surface area contributed by atoms with Gasteiger partial charge in [-0.3, -0.25) is 0 Å². The first-order valence-electron chi connectivity index (χ1n) is 8.23. The van der Waals surface area contributed by atoms with Gasteiger partial charge in [0.2, 0.25) is 0 Å². The topological polar surface area (TPSA) is 61.7 Å². The van der Waals surface area contributed by atoms with Crippen LogP contribution >= 0.6 is 0 Å². The molecule has 4 heteroatoms. The van der Waals surface area contributed by atoms with Crippen molar-refractivity contribution in [1.82, 2.24) is 5.32 Å². The average molecular weight is 313 g/mol. The maximum absolute atomic E-state index is 9.64. The van der Waals surface area contributed by atoms with Gasteiger partial charge in [0.05, 0.1) is 17.8 Å². The molecule has 0 amide bonds. The Kier molecular flexibility index (Phi) is 11.5. The molecule has 0 rings (SSSR count). The molecular formula is C18H35NO3. The highest BCUT2D eigenvalue weighted by molar-refractivity contribution is 5.06. The van der Waals surface area contributed by atoms with Crippen LogP contribution in [0.2, 0.25) is 0 Å². The van der Waals surface area contributed by atoms with Crippen LogP contribution in [0.4, 0.5) is 0 Å². The van der Waals surface area contributed by atoms with E-state index in [1.165, 1.54) is 0 Å². The van der Waals surface area contributed by atoms with Crippen LogP contribution in [0, 0.1) is 5.92 Å². The Morgan fingerprint density at radius 2 is 1.77 bits per heavy atom. The summed E-state index contributed by atoms with van der Waals surface area (Å²) in [5.74, 6) is 0.582. The number of ether oxygens (including phenoxy) is 1. The number of hydrogen-bond donors (Lipinski definition) is 3. The van der Waals surface area contributed by atoms with Gasteiger partial charge in [-0.2, -0.15) is 0 Å². The van der Waals surface area contributed by atoms with Gasteiger partial charge in [-0.15, -0.1) is 0 Å². The Balaban J connectivity index is 3.85. The Labute approximate surface area is 136 Å². The van der Waals surface area contributed by atoms with Gasteiger partial charge in [0.15, 0.2) is 0 Å². The number of hydrogen-bond acceptors (Lipinski definition) is 4. The Hall–Kier alpha value is -0.680. The minimum atomic E-state index is -0.648. The zero-order valence-electron chi connectivity index (χ0n) is 14.9. The molecule has 22 heavy (non-hydrogen) atoms. The molecule has 0 bridgehead atoms. The molecule has 0 aliphatic carbocycles. The van der Waals surface area contributed by atoms with Crippen LogP contribution in [-0.2, 0) is 4.74 Å². The molecule has 0 saturated carbocycles. The average Bonchev–Trinajstić information content (AvgIpc) is 2.39. The molecule has 0 aliphatic heterocycles. The van der Waals surface area contributed by atoms with Crippen molar-refractivity contribution in [2.75, 3.05) is 20.2 Å². The molecule has 3 atom stereocenters. The fourth-order valence-electron chi connectivity index (χ4n) is 2.10. The smallest absolute Gasteiger partial charge is 0.0755 e. The van der Waals surface area contributed by atoms with Crippen molar-refractivity contribution in [3.63, 3.8) is 0 Å². The monoisotopic (exact) mass is 313 g/mol. The number of methoxy groups -OCH3 is 1. The highest BCUT2D eigenvalue weighted by Gasteiger charge is 2.12. The van der Waals surface area contributed by atoms with Crippen molar-refractivity contribution in [2.24, 2.45) is 5.92 Å². The van der Waals surface area contributed by atoms with E-state index in [0.29, 0.717) is 12.5 Å². The van der Waals surface area contributed by atoms with Crippen LogP contribution in [-0.4, -0.2) is 48.2 Å². The Bertz CT molecular complexity index is 319. The molecule has 0 fully saturated rings. The quantitative estimate of drug-likeness (QED) is 0.485. The summed E-state index contributed by atoms with van der Waals surface area (Å²) >= 11 is 0. The van der Waals surface area contributed by atoms with Crippen molar-refractivity contribution in [3.05, 3.63) is 24.3 Å². The second kappa shape index (κ2) is 11.8. The Morgan fingerprint density at radius 3 is 2.32 bits per heavy atom. The molecule has 4 nitrogen and oxygen atoms in total. The van der Waals surface area contributed by atoms with Crippen molar-refractivity contribution in [1.29, 1.82) is 0 Å². The molecule has 0 aromatic rings. The molecule has 0 heterocycles. The molecule has 3 N–H and O–H groups in total. The lowest BCUT2D eigenvalue weighted by Crippen LogP contribution is -2.36. The summed E-state index contributed by atoms with van der Waals surface area (Å²) in [6, 6.07) is 0. The number of aliphatic hydroxyl groups is 2. The number of aliphatic hydroxyl groups excluding tert-OH is 1. The van der Waals surface area contributed by atoms with Gasteiger partial charge in [0, 0.05) is 13.7 Å². The van der Waals surface area contributed by atoms with E-state index in [4.69, 9.17) is 9.84 Å². The van der Waals surface area contributed by atoms with Crippen LogP contribution < -0.4 is 5.32 Å². The Morgan fingerprint density at radius 1 is 1.14 bits per heavy atom. The zero-order chi connectivity index (χ0) is 17.0. The summed E-state index contributed by atoms with van der Waals surface area (Å²) in [6.45, 7) is 9.12. The van der Waals surface area contributed by atoms with Gasteiger partial charge < -0.3 is 20.3 Å². The van der Waals surface area contributed by atoms with Crippen molar-refractivity contribution >= 4 is 0 Å². The normalized spacial score (nSPS) is 17.2. The summed E-state index contributed by atoms with van der Waals surface area (Å²) in [6.07, 6.45) is 10.5. The molecule has 0 saturated heterocycles. The number of nitrogens with one attached hydrogen (secondary N) is 1. The summed E-state index contributed by atoms with van der Waals surface area (Å²) < 4.78 is 5.43. The SMILES string of the molecule is COC(/C=C/C=C/C(C)O)CCCC(C)CNCC(C)(C)O.